The minimum Gasteiger partial charge on any atom is -0.346 e. The second-order valence-corrected chi connectivity index (χ2v) is 5.63. The van der Waals surface area contributed by atoms with Gasteiger partial charge in [-0.1, -0.05) is 18.2 Å². The first kappa shape index (κ1) is 13.6. The van der Waals surface area contributed by atoms with Crippen LogP contribution in [-0.2, 0) is 4.79 Å². The van der Waals surface area contributed by atoms with Crippen molar-refractivity contribution in [3.63, 3.8) is 0 Å². The van der Waals surface area contributed by atoms with E-state index in [1.54, 1.807) is 4.90 Å². The lowest BCUT2D eigenvalue weighted by molar-refractivity contribution is -0.129. The standard InChI is InChI=1S/C15H18N4O2/c1-9(2)19-8-10(7-13(19)20)16-15(21)14-11-5-3-4-6-12(11)17-18-14/h3-6,9-10H,7-8H2,1-2H3,(H,16,21)(H,17,18). The Kier molecular flexibility index (Phi) is 3.37. The van der Waals surface area contributed by atoms with Crippen LogP contribution in [-0.4, -0.2) is 45.5 Å². The Bertz CT molecular complexity index is 692. The van der Waals surface area contributed by atoms with Gasteiger partial charge in [0.15, 0.2) is 5.69 Å². The lowest BCUT2D eigenvalue weighted by atomic mass is 10.2. The summed E-state index contributed by atoms with van der Waals surface area (Å²) in [6.45, 7) is 4.51. The molecule has 1 fully saturated rings. The molecule has 0 aliphatic carbocycles. The van der Waals surface area contributed by atoms with Gasteiger partial charge < -0.3 is 10.2 Å². The summed E-state index contributed by atoms with van der Waals surface area (Å²) in [5.41, 5.74) is 1.20. The van der Waals surface area contributed by atoms with Crippen LogP contribution in [0, 0.1) is 0 Å². The predicted molar refractivity (Wildman–Crippen MR) is 78.8 cm³/mol. The Labute approximate surface area is 122 Å². The highest BCUT2D eigenvalue weighted by molar-refractivity contribution is 6.04. The molecule has 2 amide bonds. The van der Waals surface area contributed by atoms with Crippen molar-refractivity contribution in [3.05, 3.63) is 30.0 Å². The monoisotopic (exact) mass is 286 g/mol. The number of H-pyrrole nitrogens is 1. The van der Waals surface area contributed by atoms with Crippen LogP contribution in [0.15, 0.2) is 24.3 Å². The number of carbonyl (C=O) groups is 2. The summed E-state index contributed by atoms with van der Waals surface area (Å²) in [7, 11) is 0. The van der Waals surface area contributed by atoms with Crippen LogP contribution in [0.25, 0.3) is 10.9 Å². The van der Waals surface area contributed by atoms with Gasteiger partial charge in [0.05, 0.1) is 11.6 Å². The summed E-state index contributed by atoms with van der Waals surface area (Å²) in [4.78, 5) is 26.0. The van der Waals surface area contributed by atoms with E-state index < -0.39 is 0 Å². The van der Waals surface area contributed by atoms with Crippen LogP contribution >= 0.6 is 0 Å². The molecule has 2 aromatic rings. The van der Waals surface area contributed by atoms with Crippen LogP contribution in [0.1, 0.15) is 30.8 Å². The van der Waals surface area contributed by atoms with Crippen molar-refractivity contribution in [2.45, 2.75) is 32.4 Å². The van der Waals surface area contributed by atoms with Crippen molar-refractivity contribution in [1.29, 1.82) is 0 Å². The number of rotatable bonds is 3. The highest BCUT2D eigenvalue weighted by Gasteiger charge is 2.32. The quantitative estimate of drug-likeness (QED) is 0.892. The largest absolute Gasteiger partial charge is 0.346 e. The zero-order valence-corrected chi connectivity index (χ0v) is 12.1. The fourth-order valence-corrected chi connectivity index (χ4v) is 2.72. The molecule has 1 saturated heterocycles. The smallest absolute Gasteiger partial charge is 0.272 e. The lowest BCUT2D eigenvalue weighted by Gasteiger charge is -2.21. The van der Waals surface area contributed by atoms with E-state index in [1.807, 2.05) is 38.1 Å². The number of nitrogens with one attached hydrogen (secondary N) is 2. The second kappa shape index (κ2) is 5.20. The topological polar surface area (TPSA) is 78.1 Å². The molecule has 6 heteroatoms. The summed E-state index contributed by atoms with van der Waals surface area (Å²) in [6.07, 6.45) is 0.353. The minimum absolute atomic E-state index is 0.0854. The summed E-state index contributed by atoms with van der Waals surface area (Å²) in [5, 5.41) is 10.6. The lowest BCUT2D eigenvalue weighted by Crippen LogP contribution is -2.39. The van der Waals surface area contributed by atoms with Gasteiger partial charge in [0, 0.05) is 24.4 Å². The number of aromatic nitrogens is 2. The van der Waals surface area contributed by atoms with E-state index in [-0.39, 0.29) is 23.9 Å². The van der Waals surface area contributed by atoms with Gasteiger partial charge in [0.25, 0.3) is 5.91 Å². The van der Waals surface area contributed by atoms with Crippen molar-refractivity contribution in [2.24, 2.45) is 0 Å². The Hall–Kier alpha value is -2.37. The molecule has 6 nitrogen and oxygen atoms in total. The molecular weight excluding hydrogens is 268 g/mol. The number of hydrogen-bond acceptors (Lipinski definition) is 3. The number of nitrogens with zero attached hydrogens (tertiary/aromatic N) is 2. The molecule has 1 aliphatic rings. The highest BCUT2D eigenvalue weighted by atomic mass is 16.2. The van der Waals surface area contributed by atoms with E-state index in [4.69, 9.17) is 0 Å². The summed E-state index contributed by atoms with van der Waals surface area (Å²) < 4.78 is 0. The van der Waals surface area contributed by atoms with Crippen LogP contribution in [0.3, 0.4) is 0 Å². The molecule has 0 saturated carbocycles. The van der Waals surface area contributed by atoms with Gasteiger partial charge in [0.2, 0.25) is 5.91 Å². The zero-order chi connectivity index (χ0) is 15.0. The molecule has 0 radical (unpaired) electrons. The van der Waals surface area contributed by atoms with Gasteiger partial charge in [-0.2, -0.15) is 5.10 Å². The molecule has 1 unspecified atom stereocenters. The maximum absolute atomic E-state index is 12.3. The van der Waals surface area contributed by atoms with Crippen LogP contribution in [0.2, 0.25) is 0 Å². The van der Waals surface area contributed by atoms with Crippen molar-refractivity contribution in [2.75, 3.05) is 6.54 Å². The van der Waals surface area contributed by atoms with Gasteiger partial charge in [-0.15, -0.1) is 0 Å². The summed E-state index contributed by atoms with van der Waals surface area (Å²) in [5.74, 6) is -0.155. The molecule has 0 spiro atoms. The third-order valence-corrected chi connectivity index (χ3v) is 3.80. The maximum atomic E-state index is 12.3. The average Bonchev–Trinajstić information content (AvgIpc) is 3.02. The predicted octanol–water partition coefficient (Wildman–Crippen LogP) is 1.30. The van der Waals surface area contributed by atoms with E-state index in [1.165, 1.54) is 0 Å². The first-order valence-corrected chi connectivity index (χ1v) is 7.09. The van der Waals surface area contributed by atoms with Gasteiger partial charge in [-0.25, -0.2) is 0 Å². The van der Waals surface area contributed by atoms with E-state index in [9.17, 15) is 9.59 Å². The average molecular weight is 286 g/mol. The van der Waals surface area contributed by atoms with E-state index in [0.29, 0.717) is 18.7 Å². The molecule has 110 valence electrons. The fourth-order valence-electron chi connectivity index (χ4n) is 2.72. The maximum Gasteiger partial charge on any atom is 0.272 e. The molecule has 1 aliphatic heterocycles. The number of para-hydroxylation sites is 1. The molecule has 21 heavy (non-hydrogen) atoms. The summed E-state index contributed by atoms with van der Waals surface area (Å²) in [6, 6.07) is 7.49. The minimum atomic E-state index is -0.240. The molecule has 2 heterocycles. The first-order chi connectivity index (χ1) is 10.1. The normalized spacial score (nSPS) is 18.7. The Morgan fingerprint density at radius 3 is 2.90 bits per heavy atom. The zero-order valence-electron chi connectivity index (χ0n) is 12.1. The van der Waals surface area contributed by atoms with Crippen LogP contribution in [0.5, 0.6) is 0 Å². The van der Waals surface area contributed by atoms with Crippen LogP contribution < -0.4 is 5.32 Å². The molecule has 0 bridgehead atoms. The molecule has 1 aromatic carbocycles. The van der Waals surface area contributed by atoms with Crippen LogP contribution in [0.4, 0.5) is 0 Å². The number of benzene rings is 1. The third-order valence-electron chi connectivity index (χ3n) is 3.80. The second-order valence-electron chi connectivity index (χ2n) is 5.63. The molecule has 1 aromatic heterocycles. The van der Waals surface area contributed by atoms with Gasteiger partial charge >= 0.3 is 0 Å². The molecule has 2 N–H and O–H groups in total. The number of fused-ring (bicyclic) bond motifs is 1. The number of likely N-dealkylation sites (tertiary alicyclic amines) is 1. The Balaban J connectivity index is 1.74. The number of aromatic amines is 1. The molecule has 3 rings (SSSR count). The first-order valence-electron chi connectivity index (χ1n) is 7.09. The molecular formula is C15H18N4O2. The number of hydrogen-bond donors (Lipinski definition) is 2. The van der Waals surface area contributed by atoms with Gasteiger partial charge in [0.1, 0.15) is 0 Å². The van der Waals surface area contributed by atoms with Gasteiger partial charge in [-0.05, 0) is 19.9 Å². The van der Waals surface area contributed by atoms with E-state index in [0.717, 1.165) is 10.9 Å². The number of amides is 2. The van der Waals surface area contributed by atoms with Crippen molar-refractivity contribution in [3.8, 4) is 0 Å². The van der Waals surface area contributed by atoms with Crippen molar-refractivity contribution < 1.29 is 9.59 Å². The Morgan fingerprint density at radius 1 is 1.43 bits per heavy atom. The Morgan fingerprint density at radius 2 is 2.19 bits per heavy atom. The SMILES string of the molecule is CC(C)N1CC(NC(=O)c2n[nH]c3ccccc23)CC1=O. The van der Waals surface area contributed by atoms with E-state index in [2.05, 4.69) is 15.5 Å². The third kappa shape index (κ3) is 2.49. The number of carbonyl (C=O) groups excluding carboxylic acids is 2. The highest BCUT2D eigenvalue weighted by Crippen LogP contribution is 2.17. The molecule has 1 atom stereocenters. The van der Waals surface area contributed by atoms with Gasteiger partial charge in [-0.3, -0.25) is 14.7 Å². The van der Waals surface area contributed by atoms with E-state index >= 15 is 0 Å². The van der Waals surface area contributed by atoms with Crippen molar-refractivity contribution >= 4 is 22.7 Å². The van der Waals surface area contributed by atoms with Crippen molar-refractivity contribution in [1.82, 2.24) is 20.4 Å². The fraction of sp³-hybridized carbons (Fsp3) is 0.400. The summed E-state index contributed by atoms with van der Waals surface area (Å²) >= 11 is 0.